The van der Waals surface area contributed by atoms with Crippen molar-refractivity contribution in [1.29, 1.82) is 0 Å². The number of phenols is 1. The van der Waals surface area contributed by atoms with E-state index in [1.54, 1.807) is 16.8 Å². The van der Waals surface area contributed by atoms with E-state index in [1.807, 2.05) is 23.2 Å². The molecule has 4 N–H and O–H groups in total. The molecule has 0 aliphatic carbocycles. The van der Waals surface area contributed by atoms with E-state index in [4.69, 9.17) is 5.73 Å². The lowest BCUT2D eigenvalue weighted by Gasteiger charge is -2.31. The summed E-state index contributed by atoms with van der Waals surface area (Å²) >= 11 is 0. The van der Waals surface area contributed by atoms with Crippen molar-refractivity contribution in [3.8, 4) is 5.75 Å². The first-order valence-corrected chi connectivity index (χ1v) is 9.94. The van der Waals surface area contributed by atoms with Crippen molar-refractivity contribution in [3.63, 3.8) is 0 Å². The molecule has 2 aromatic rings. The van der Waals surface area contributed by atoms with Crippen LogP contribution in [0.15, 0.2) is 30.5 Å². The number of hydrogen-bond donors (Lipinski definition) is 3. The highest BCUT2D eigenvalue weighted by Gasteiger charge is 2.29. The fourth-order valence-corrected chi connectivity index (χ4v) is 3.39. The summed E-state index contributed by atoms with van der Waals surface area (Å²) in [5.41, 5.74) is 7.96. The topological polar surface area (TPSA) is 109 Å². The standard InChI is InChI=1S/C20H30N6O2/c1-3-14(2)19(21)17-13-26(24-23-17)18(12-15-4-6-16(27)7-5-15)20(28)25-10-8-22-9-11-25/h4-7,13-14,18-19,22,27H,3,8-12,21H2,1-2H3/t14-,18-,19-/m0/s1. The molecular weight excluding hydrogens is 356 g/mol. The molecule has 3 rings (SSSR count). The van der Waals surface area contributed by atoms with Crippen LogP contribution in [0, 0.1) is 5.92 Å². The Morgan fingerprint density at radius 3 is 2.61 bits per heavy atom. The fourth-order valence-electron chi connectivity index (χ4n) is 3.39. The Balaban J connectivity index is 1.86. The average Bonchev–Trinajstić information content (AvgIpc) is 3.22. The van der Waals surface area contributed by atoms with Crippen molar-refractivity contribution in [2.45, 2.75) is 38.8 Å². The van der Waals surface area contributed by atoms with Gasteiger partial charge in [-0.15, -0.1) is 5.10 Å². The van der Waals surface area contributed by atoms with Gasteiger partial charge < -0.3 is 21.1 Å². The summed E-state index contributed by atoms with van der Waals surface area (Å²) in [4.78, 5) is 15.1. The third-order valence-electron chi connectivity index (χ3n) is 5.52. The van der Waals surface area contributed by atoms with Crippen LogP contribution in [0.25, 0.3) is 0 Å². The second-order valence-corrected chi connectivity index (χ2v) is 7.50. The lowest BCUT2D eigenvalue weighted by Crippen LogP contribution is -2.49. The van der Waals surface area contributed by atoms with Gasteiger partial charge in [0.2, 0.25) is 5.91 Å². The molecule has 0 radical (unpaired) electrons. The summed E-state index contributed by atoms with van der Waals surface area (Å²) in [5, 5.41) is 21.3. The zero-order valence-corrected chi connectivity index (χ0v) is 16.6. The molecule has 1 aromatic heterocycles. The average molecular weight is 387 g/mol. The number of rotatable bonds is 7. The number of aromatic hydroxyl groups is 1. The summed E-state index contributed by atoms with van der Waals surface area (Å²) in [5.74, 6) is 0.518. The van der Waals surface area contributed by atoms with E-state index >= 15 is 0 Å². The van der Waals surface area contributed by atoms with Crippen molar-refractivity contribution in [2.75, 3.05) is 26.2 Å². The first-order valence-electron chi connectivity index (χ1n) is 9.94. The molecular formula is C20H30N6O2. The molecule has 3 atom stereocenters. The van der Waals surface area contributed by atoms with Gasteiger partial charge in [0.05, 0.1) is 17.9 Å². The van der Waals surface area contributed by atoms with Gasteiger partial charge in [-0.25, -0.2) is 4.68 Å². The van der Waals surface area contributed by atoms with E-state index in [-0.39, 0.29) is 23.6 Å². The molecule has 0 bridgehead atoms. The number of carbonyl (C=O) groups excluding carboxylic acids is 1. The van der Waals surface area contributed by atoms with Gasteiger partial charge in [0.1, 0.15) is 11.8 Å². The minimum absolute atomic E-state index is 0.0307. The molecule has 28 heavy (non-hydrogen) atoms. The molecule has 0 unspecified atom stereocenters. The normalized spacial score (nSPS) is 17.9. The van der Waals surface area contributed by atoms with Crippen molar-refractivity contribution in [2.24, 2.45) is 11.7 Å². The summed E-state index contributed by atoms with van der Waals surface area (Å²) < 4.78 is 1.65. The van der Waals surface area contributed by atoms with Gasteiger partial charge >= 0.3 is 0 Å². The minimum atomic E-state index is -0.493. The maximum atomic E-state index is 13.3. The second kappa shape index (κ2) is 9.16. The molecule has 152 valence electrons. The fraction of sp³-hybridized carbons (Fsp3) is 0.550. The Bertz CT molecular complexity index is 769. The van der Waals surface area contributed by atoms with Crippen molar-refractivity contribution < 1.29 is 9.90 Å². The van der Waals surface area contributed by atoms with Crippen LogP contribution in [0.4, 0.5) is 0 Å². The molecule has 2 heterocycles. The minimum Gasteiger partial charge on any atom is -0.508 e. The number of benzene rings is 1. The number of nitrogens with zero attached hydrogens (tertiary/aromatic N) is 4. The van der Waals surface area contributed by atoms with Crippen LogP contribution in [0.1, 0.15) is 43.6 Å². The largest absolute Gasteiger partial charge is 0.508 e. The lowest BCUT2D eigenvalue weighted by atomic mass is 9.98. The lowest BCUT2D eigenvalue weighted by molar-refractivity contribution is -0.135. The zero-order valence-electron chi connectivity index (χ0n) is 16.6. The van der Waals surface area contributed by atoms with Gasteiger partial charge in [-0.05, 0) is 23.6 Å². The Morgan fingerprint density at radius 2 is 1.96 bits per heavy atom. The molecule has 1 aromatic carbocycles. The summed E-state index contributed by atoms with van der Waals surface area (Å²) in [7, 11) is 0. The number of aromatic nitrogens is 3. The Kier molecular flexibility index (Phi) is 6.64. The van der Waals surface area contributed by atoms with E-state index in [2.05, 4.69) is 29.5 Å². The maximum absolute atomic E-state index is 13.3. The molecule has 0 spiro atoms. The van der Waals surface area contributed by atoms with Crippen molar-refractivity contribution >= 4 is 5.91 Å². The molecule has 1 aliphatic heterocycles. The van der Waals surface area contributed by atoms with Crippen LogP contribution in [0.3, 0.4) is 0 Å². The van der Waals surface area contributed by atoms with Gasteiger partial charge in [0, 0.05) is 32.6 Å². The molecule has 1 aliphatic rings. The first-order chi connectivity index (χ1) is 13.5. The Labute approximate surface area is 165 Å². The van der Waals surface area contributed by atoms with Gasteiger partial charge in [0.25, 0.3) is 0 Å². The molecule has 1 fully saturated rings. The third-order valence-corrected chi connectivity index (χ3v) is 5.52. The third kappa shape index (κ3) is 4.69. The van der Waals surface area contributed by atoms with Crippen molar-refractivity contribution in [1.82, 2.24) is 25.2 Å². The SMILES string of the molecule is CC[C@H](C)[C@H](N)c1cn([C@@H](Cc2ccc(O)cc2)C(=O)N2CCNCC2)nn1. The van der Waals surface area contributed by atoms with Crippen LogP contribution in [-0.4, -0.2) is 57.1 Å². The van der Waals surface area contributed by atoms with E-state index in [1.165, 1.54) is 0 Å². The number of nitrogens with two attached hydrogens (primary N) is 1. The summed E-state index contributed by atoms with van der Waals surface area (Å²) in [6.45, 7) is 7.12. The summed E-state index contributed by atoms with van der Waals surface area (Å²) in [6, 6.07) is 6.22. The van der Waals surface area contributed by atoms with Gasteiger partial charge in [-0.1, -0.05) is 37.6 Å². The van der Waals surface area contributed by atoms with Crippen LogP contribution >= 0.6 is 0 Å². The van der Waals surface area contributed by atoms with Crippen LogP contribution in [0.5, 0.6) is 5.75 Å². The van der Waals surface area contributed by atoms with Gasteiger partial charge in [0.15, 0.2) is 0 Å². The molecule has 8 heteroatoms. The van der Waals surface area contributed by atoms with Crippen LogP contribution in [-0.2, 0) is 11.2 Å². The van der Waals surface area contributed by atoms with E-state index < -0.39 is 6.04 Å². The predicted molar refractivity (Wildman–Crippen MR) is 107 cm³/mol. The highest BCUT2D eigenvalue weighted by atomic mass is 16.3. The van der Waals surface area contributed by atoms with E-state index in [0.717, 1.165) is 25.1 Å². The first kappa shape index (κ1) is 20.3. The highest BCUT2D eigenvalue weighted by Crippen LogP contribution is 2.23. The zero-order chi connectivity index (χ0) is 20.1. The second-order valence-electron chi connectivity index (χ2n) is 7.50. The Hall–Kier alpha value is -2.45. The predicted octanol–water partition coefficient (Wildman–Crippen LogP) is 1.25. The number of amides is 1. The van der Waals surface area contributed by atoms with Crippen molar-refractivity contribution in [3.05, 3.63) is 41.7 Å². The number of phenolic OH excluding ortho intramolecular Hbond substituents is 1. The van der Waals surface area contributed by atoms with Crippen LogP contribution in [0.2, 0.25) is 0 Å². The van der Waals surface area contributed by atoms with Gasteiger partial charge in [-0.3, -0.25) is 4.79 Å². The Morgan fingerprint density at radius 1 is 1.29 bits per heavy atom. The summed E-state index contributed by atoms with van der Waals surface area (Å²) in [6.07, 6.45) is 3.23. The molecule has 0 saturated carbocycles. The molecule has 8 nitrogen and oxygen atoms in total. The van der Waals surface area contributed by atoms with E-state index in [0.29, 0.717) is 25.2 Å². The number of piperazine rings is 1. The number of hydrogen-bond acceptors (Lipinski definition) is 6. The van der Waals surface area contributed by atoms with Gasteiger partial charge in [-0.2, -0.15) is 0 Å². The number of carbonyl (C=O) groups is 1. The van der Waals surface area contributed by atoms with Crippen LogP contribution < -0.4 is 11.1 Å². The maximum Gasteiger partial charge on any atom is 0.247 e. The monoisotopic (exact) mass is 386 g/mol. The molecule has 1 saturated heterocycles. The van der Waals surface area contributed by atoms with E-state index in [9.17, 15) is 9.90 Å². The highest BCUT2D eigenvalue weighted by molar-refractivity contribution is 5.80. The number of nitrogens with one attached hydrogen (secondary N) is 1. The molecule has 1 amide bonds. The quantitative estimate of drug-likeness (QED) is 0.661. The smallest absolute Gasteiger partial charge is 0.247 e.